The van der Waals surface area contributed by atoms with Crippen LogP contribution in [0.3, 0.4) is 0 Å². The van der Waals surface area contributed by atoms with Crippen molar-refractivity contribution in [1.82, 2.24) is 15.1 Å². The normalized spacial score (nSPS) is 21.2. The van der Waals surface area contributed by atoms with E-state index in [2.05, 4.69) is 58.7 Å². The van der Waals surface area contributed by atoms with Gasteiger partial charge in [0.25, 0.3) is 0 Å². The topological polar surface area (TPSA) is 52.7 Å². The smallest absolute Gasteiger partial charge is 0.246 e. The molecule has 2 aromatic rings. The van der Waals surface area contributed by atoms with Gasteiger partial charge in [-0.3, -0.25) is 14.5 Å². The standard InChI is InChI=1S/C25H31N3O2S2/c29-23-13-7-8-18-31-32-19-22(26-23)25(30)28-16-14-27(15-17-28)24(20-9-3-1-4-10-20)21-11-5-2-6-12-21/h1-6,9-12,22,24H,7-8,13-19H2,(H,26,29)/t22-/m0/s1. The van der Waals surface area contributed by atoms with Crippen LogP contribution in [0, 0.1) is 0 Å². The number of amides is 2. The Balaban J connectivity index is 1.42. The molecule has 2 heterocycles. The van der Waals surface area contributed by atoms with Gasteiger partial charge in [0, 0.05) is 44.1 Å². The van der Waals surface area contributed by atoms with Crippen molar-refractivity contribution in [2.75, 3.05) is 37.7 Å². The Hall–Kier alpha value is -1.96. The van der Waals surface area contributed by atoms with Crippen LogP contribution in [-0.2, 0) is 9.59 Å². The van der Waals surface area contributed by atoms with Gasteiger partial charge >= 0.3 is 0 Å². The summed E-state index contributed by atoms with van der Waals surface area (Å²) >= 11 is 0. The first-order chi connectivity index (χ1) is 15.7. The van der Waals surface area contributed by atoms with E-state index in [1.807, 2.05) is 17.0 Å². The number of benzene rings is 2. The highest BCUT2D eigenvalue weighted by Gasteiger charge is 2.32. The van der Waals surface area contributed by atoms with Gasteiger partial charge in [-0.05, 0) is 24.0 Å². The quantitative estimate of drug-likeness (QED) is 0.687. The van der Waals surface area contributed by atoms with Gasteiger partial charge in [0.05, 0.1) is 6.04 Å². The van der Waals surface area contributed by atoms with Crippen molar-refractivity contribution in [3.05, 3.63) is 71.8 Å². The highest BCUT2D eigenvalue weighted by atomic mass is 33.1. The van der Waals surface area contributed by atoms with Crippen LogP contribution in [0.4, 0.5) is 0 Å². The molecule has 0 radical (unpaired) electrons. The molecule has 7 heteroatoms. The first kappa shape index (κ1) is 23.2. The molecule has 32 heavy (non-hydrogen) atoms. The van der Waals surface area contributed by atoms with E-state index in [9.17, 15) is 9.59 Å². The summed E-state index contributed by atoms with van der Waals surface area (Å²) in [5.74, 6) is 1.73. The summed E-state index contributed by atoms with van der Waals surface area (Å²) in [6.07, 6.45) is 2.45. The fourth-order valence-corrected chi connectivity index (χ4v) is 6.67. The molecular weight excluding hydrogens is 438 g/mol. The van der Waals surface area contributed by atoms with E-state index in [0.29, 0.717) is 25.3 Å². The molecule has 1 atom stereocenters. The van der Waals surface area contributed by atoms with E-state index in [0.717, 1.165) is 31.7 Å². The molecule has 5 nitrogen and oxygen atoms in total. The number of piperazine rings is 1. The Bertz CT molecular complexity index is 834. The number of carbonyl (C=O) groups is 2. The predicted octanol–water partition coefficient (Wildman–Crippen LogP) is 3.97. The van der Waals surface area contributed by atoms with Gasteiger partial charge in [0.15, 0.2) is 0 Å². The molecule has 1 N–H and O–H groups in total. The third-order valence-corrected chi connectivity index (χ3v) is 8.55. The van der Waals surface area contributed by atoms with Crippen molar-refractivity contribution in [1.29, 1.82) is 0 Å². The SMILES string of the molecule is O=C1CCCCSSC[C@@H](C(=O)N2CCN(C(c3ccccc3)c3ccccc3)CC2)N1. The van der Waals surface area contributed by atoms with Gasteiger partial charge in [-0.25, -0.2) is 0 Å². The predicted molar refractivity (Wildman–Crippen MR) is 134 cm³/mol. The number of nitrogens with zero attached hydrogens (tertiary/aromatic N) is 2. The molecule has 2 aliphatic rings. The number of carbonyl (C=O) groups excluding carboxylic acids is 2. The number of hydrogen-bond acceptors (Lipinski definition) is 5. The van der Waals surface area contributed by atoms with Crippen molar-refractivity contribution < 1.29 is 9.59 Å². The van der Waals surface area contributed by atoms with Crippen LogP contribution in [0.5, 0.6) is 0 Å². The molecule has 2 fully saturated rings. The second kappa shape index (κ2) is 11.8. The Kier molecular flexibility index (Phi) is 8.54. The summed E-state index contributed by atoms with van der Waals surface area (Å²) < 4.78 is 0. The van der Waals surface area contributed by atoms with Crippen LogP contribution in [0.15, 0.2) is 60.7 Å². The van der Waals surface area contributed by atoms with Gasteiger partial charge in [-0.1, -0.05) is 82.3 Å². The Labute approximate surface area is 198 Å². The molecule has 0 unspecified atom stereocenters. The summed E-state index contributed by atoms with van der Waals surface area (Å²) in [5.41, 5.74) is 2.54. The second-order valence-corrected chi connectivity index (χ2v) is 10.9. The molecule has 0 spiro atoms. The summed E-state index contributed by atoms with van der Waals surface area (Å²) in [6, 6.07) is 20.9. The maximum absolute atomic E-state index is 13.2. The number of nitrogens with one attached hydrogen (secondary N) is 1. The van der Waals surface area contributed by atoms with Crippen LogP contribution in [0.2, 0.25) is 0 Å². The van der Waals surface area contributed by atoms with Crippen LogP contribution < -0.4 is 5.32 Å². The average Bonchev–Trinajstić information content (AvgIpc) is 2.84. The Morgan fingerprint density at radius 2 is 1.50 bits per heavy atom. The Morgan fingerprint density at radius 3 is 2.12 bits per heavy atom. The highest BCUT2D eigenvalue weighted by Crippen LogP contribution is 2.30. The maximum Gasteiger partial charge on any atom is 0.246 e. The maximum atomic E-state index is 13.2. The van der Waals surface area contributed by atoms with Gasteiger partial charge in [-0.2, -0.15) is 0 Å². The highest BCUT2D eigenvalue weighted by molar-refractivity contribution is 8.76. The molecule has 170 valence electrons. The minimum atomic E-state index is -0.427. The zero-order valence-corrected chi connectivity index (χ0v) is 20.0. The minimum Gasteiger partial charge on any atom is -0.343 e. The lowest BCUT2D eigenvalue weighted by molar-refractivity contribution is -0.137. The number of rotatable bonds is 4. The molecule has 2 aromatic carbocycles. The lowest BCUT2D eigenvalue weighted by Gasteiger charge is -2.40. The molecule has 2 amide bonds. The summed E-state index contributed by atoms with van der Waals surface area (Å²) in [5, 5.41) is 2.99. The fraction of sp³-hybridized carbons (Fsp3) is 0.440. The Morgan fingerprint density at radius 1 is 0.875 bits per heavy atom. The van der Waals surface area contributed by atoms with Crippen molar-refractivity contribution in [3.63, 3.8) is 0 Å². The molecule has 0 saturated carbocycles. The molecule has 4 rings (SSSR count). The van der Waals surface area contributed by atoms with Crippen molar-refractivity contribution in [2.24, 2.45) is 0 Å². The monoisotopic (exact) mass is 469 g/mol. The first-order valence-electron chi connectivity index (χ1n) is 11.4. The van der Waals surface area contributed by atoms with Crippen molar-refractivity contribution in [3.8, 4) is 0 Å². The van der Waals surface area contributed by atoms with E-state index in [1.54, 1.807) is 21.6 Å². The largest absolute Gasteiger partial charge is 0.343 e. The minimum absolute atomic E-state index is 0.00250. The van der Waals surface area contributed by atoms with Crippen LogP contribution >= 0.6 is 21.6 Å². The zero-order chi connectivity index (χ0) is 22.2. The van der Waals surface area contributed by atoms with Gasteiger partial charge < -0.3 is 10.2 Å². The first-order valence-corrected chi connectivity index (χ1v) is 13.9. The molecular formula is C25H31N3O2S2. The molecule has 0 bridgehead atoms. The second-order valence-electron chi connectivity index (χ2n) is 8.27. The number of hydrogen-bond donors (Lipinski definition) is 1. The third-order valence-electron chi connectivity index (χ3n) is 6.05. The molecule has 2 saturated heterocycles. The summed E-state index contributed by atoms with van der Waals surface area (Å²) in [7, 11) is 3.50. The van der Waals surface area contributed by atoms with Crippen LogP contribution in [-0.4, -0.2) is 65.3 Å². The lowest BCUT2D eigenvalue weighted by atomic mass is 9.96. The van der Waals surface area contributed by atoms with E-state index < -0.39 is 6.04 Å². The summed E-state index contributed by atoms with van der Waals surface area (Å²) in [4.78, 5) is 29.9. The van der Waals surface area contributed by atoms with Crippen LogP contribution in [0.25, 0.3) is 0 Å². The van der Waals surface area contributed by atoms with Gasteiger partial charge in [0.1, 0.15) is 6.04 Å². The molecule has 2 aliphatic heterocycles. The van der Waals surface area contributed by atoms with E-state index >= 15 is 0 Å². The van der Waals surface area contributed by atoms with Gasteiger partial charge in [-0.15, -0.1) is 0 Å². The van der Waals surface area contributed by atoms with E-state index in [-0.39, 0.29) is 17.9 Å². The zero-order valence-electron chi connectivity index (χ0n) is 18.3. The van der Waals surface area contributed by atoms with Gasteiger partial charge in [0.2, 0.25) is 11.8 Å². The molecule has 0 aliphatic carbocycles. The summed E-state index contributed by atoms with van der Waals surface area (Å²) in [6.45, 7) is 2.98. The van der Waals surface area contributed by atoms with E-state index in [4.69, 9.17) is 0 Å². The average molecular weight is 470 g/mol. The third kappa shape index (κ3) is 6.09. The fourth-order valence-electron chi connectivity index (χ4n) is 4.37. The van der Waals surface area contributed by atoms with E-state index in [1.165, 1.54) is 11.1 Å². The van der Waals surface area contributed by atoms with Crippen molar-refractivity contribution >= 4 is 33.4 Å². The van der Waals surface area contributed by atoms with Crippen LogP contribution in [0.1, 0.15) is 36.4 Å². The lowest BCUT2D eigenvalue weighted by Crippen LogP contribution is -2.56. The molecule has 0 aromatic heterocycles. The van der Waals surface area contributed by atoms with Crippen molar-refractivity contribution in [2.45, 2.75) is 31.3 Å².